The van der Waals surface area contributed by atoms with Crippen molar-refractivity contribution in [1.82, 2.24) is 10.2 Å². The van der Waals surface area contributed by atoms with Gasteiger partial charge in [0.2, 0.25) is 0 Å². The largest absolute Gasteiger partial charge is 0.155 e. The summed E-state index contributed by atoms with van der Waals surface area (Å²) >= 11 is 0. The minimum Gasteiger partial charge on any atom is -0.155 e. The van der Waals surface area contributed by atoms with E-state index >= 15 is 0 Å². The molecule has 116 valence electrons. The van der Waals surface area contributed by atoms with Crippen LogP contribution in [0.3, 0.4) is 0 Å². The Labute approximate surface area is 134 Å². The van der Waals surface area contributed by atoms with E-state index in [0.29, 0.717) is 0 Å². The molecule has 1 aromatic carbocycles. The Morgan fingerprint density at radius 3 is 2.27 bits per heavy atom. The number of hydrogen-bond donors (Lipinski definition) is 0. The van der Waals surface area contributed by atoms with Gasteiger partial charge in [0.15, 0.2) is 0 Å². The van der Waals surface area contributed by atoms with E-state index < -0.39 is 0 Å². The second-order valence-corrected chi connectivity index (χ2v) is 6.94. The maximum Gasteiger partial charge on any atom is 0.0929 e. The number of rotatable bonds is 4. The normalized spacial score (nSPS) is 21.7. The van der Waals surface area contributed by atoms with Crippen molar-refractivity contribution in [1.29, 1.82) is 0 Å². The van der Waals surface area contributed by atoms with Crippen LogP contribution < -0.4 is 0 Å². The molecule has 0 unspecified atom stereocenters. The molecule has 0 amide bonds. The fourth-order valence-electron chi connectivity index (χ4n) is 3.34. The Bertz CT molecular complexity index is 578. The Morgan fingerprint density at radius 1 is 0.909 bits per heavy atom. The third kappa shape index (κ3) is 3.94. The van der Waals surface area contributed by atoms with Gasteiger partial charge in [-0.25, -0.2) is 0 Å². The van der Waals surface area contributed by atoms with Crippen LogP contribution in [0.15, 0.2) is 36.4 Å². The van der Waals surface area contributed by atoms with Gasteiger partial charge in [0, 0.05) is 5.56 Å². The molecule has 0 bridgehead atoms. The lowest BCUT2D eigenvalue weighted by Crippen LogP contribution is -2.13. The van der Waals surface area contributed by atoms with E-state index in [1.165, 1.54) is 37.7 Å². The third-order valence-corrected chi connectivity index (χ3v) is 5.01. The van der Waals surface area contributed by atoms with Crippen LogP contribution in [0.2, 0.25) is 0 Å². The van der Waals surface area contributed by atoms with Crippen LogP contribution >= 0.6 is 0 Å². The van der Waals surface area contributed by atoms with Gasteiger partial charge in [0.05, 0.1) is 11.4 Å². The highest BCUT2D eigenvalue weighted by Crippen LogP contribution is 2.31. The predicted molar refractivity (Wildman–Crippen MR) is 91.6 cm³/mol. The molecule has 0 radical (unpaired) electrons. The topological polar surface area (TPSA) is 25.8 Å². The Balaban J connectivity index is 1.56. The number of aryl methyl sites for hydroxylation is 2. The van der Waals surface area contributed by atoms with Gasteiger partial charge in [-0.05, 0) is 43.7 Å². The molecule has 1 saturated carbocycles. The quantitative estimate of drug-likeness (QED) is 0.773. The van der Waals surface area contributed by atoms with E-state index in [1.54, 1.807) is 0 Å². The van der Waals surface area contributed by atoms with Crippen LogP contribution in [-0.4, -0.2) is 10.2 Å². The lowest BCUT2D eigenvalue weighted by molar-refractivity contribution is 0.277. The third-order valence-electron chi connectivity index (χ3n) is 5.01. The zero-order valence-corrected chi connectivity index (χ0v) is 13.8. The van der Waals surface area contributed by atoms with Crippen LogP contribution in [0, 0.1) is 18.8 Å². The molecule has 0 atom stereocenters. The molecule has 1 aliphatic carbocycles. The molecule has 3 rings (SSSR count). The van der Waals surface area contributed by atoms with Crippen LogP contribution in [-0.2, 0) is 6.42 Å². The summed E-state index contributed by atoms with van der Waals surface area (Å²) in [6.45, 7) is 4.48. The van der Waals surface area contributed by atoms with Crippen molar-refractivity contribution in [3.63, 3.8) is 0 Å². The molecule has 0 aliphatic heterocycles. The predicted octanol–water partition coefficient (Wildman–Crippen LogP) is 5.21. The summed E-state index contributed by atoms with van der Waals surface area (Å²) < 4.78 is 0. The zero-order valence-electron chi connectivity index (χ0n) is 13.8. The van der Waals surface area contributed by atoms with Gasteiger partial charge in [0.1, 0.15) is 0 Å². The SMILES string of the molecule is Cc1ccc(-c2ccc(CCC3CCC(C)CC3)nn2)cc1. The molecule has 1 fully saturated rings. The second kappa shape index (κ2) is 7.04. The number of hydrogen-bond acceptors (Lipinski definition) is 2. The minimum absolute atomic E-state index is 0.898. The minimum atomic E-state index is 0.898. The van der Waals surface area contributed by atoms with Gasteiger partial charge in [-0.2, -0.15) is 10.2 Å². The van der Waals surface area contributed by atoms with E-state index in [2.05, 4.69) is 60.4 Å². The molecule has 1 aromatic heterocycles. The van der Waals surface area contributed by atoms with Crippen molar-refractivity contribution in [3.8, 4) is 11.3 Å². The van der Waals surface area contributed by atoms with E-state index in [9.17, 15) is 0 Å². The first-order valence-corrected chi connectivity index (χ1v) is 8.60. The van der Waals surface area contributed by atoms with Crippen LogP contribution in [0.25, 0.3) is 11.3 Å². The first-order valence-electron chi connectivity index (χ1n) is 8.60. The molecule has 0 N–H and O–H groups in total. The smallest absolute Gasteiger partial charge is 0.0929 e. The number of nitrogens with zero attached hydrogens (tertiary/aromatic N) is 2. The highest BCUT2D eigenvalue weighted by atomic mass is 15.1. The van der Waals surface area contributed by atoms with Crippen molar-refractivity contribution in [3.05, 3.63) is 47.7 Å². The number of benzene rings is 1. The van der Waals surface area contributed by atoms with E-state index in [1.807, 2.05) is 0 Å². The standard InChI is InChI=1S/C20H26N2/c1-15-3-7-17(8-4-15)9-12-19-13-14-20(22-21-19)18-10-5-16(2)6-11-18/h5-6,10-11,13-15,17H,3-4,7-9,12H2,1-2H3. The van der Waals surface area contributed by atoms with Gasteiger partial charge in [-0.15, -0.1) is 0 Å². The van der Waals surface area contributed by atoms with E-state index in [4.69, 9.17) is 0 Å². The van der Waals surface area contributed by atoms with Gasteiger partial charge in [0.25, 0.3) is 0 Å². The van der Waals surface area contributed by atoms with E-state index in [0.717, 1.165) is 35.2 Å². The first-order chi connectivity index (χ1) is 10.7. The average Bonchev–Trinajstić information content (AvgIpc) is 2.56. The van der Waals surface area contributed by atoms with Crippen molar-refractivity contribution in [2.75, 3.05) is 0 Å². The summed E-state index contributed by atoms with van der Waals surface area (Å²) in [5.41, 5.74) is 4.52. The molecule has 2 nitrogen and oxygen atoms in total. The Hall–Kier alpha value is -1.70. The van der Waals surface area contributed by atoms with Crippen molar-refractivity contribution in [2.45, 2.75) is 52.4 Å². The first kappa shape index (κ1) is 15.2. The zero-order chi connectivity index (χ0) is 15.4. The maximum absolute atomic E-state index is 4.43. The lowest BCUT2D eigenvalue weighted by Gasteiger charge is -2.25. The molecular weight excluding hydrogens is 268 g/mol. The van der Waals surface area contributed by atoms with Gasteiger partial charge < -0.3 is 0 Å². The van der Waals surface area contributed by atoms with Crippen molar-refractivity contribution >= 4 is 0 Å². The molecule has 0 spiro atoms. The van der Waals surface area contributed by atoms with Gasteiger partial charge in [-0.3, -0.25) is 0 Å². The molecule has 2 heteroatoms. The lowest BCUT2D eigenvalue weighted by atomic mass is 9.81. The summed E-state index contributed by atoms with van der Waals surface area (Å²) in [6, 6.07) is 12.7. The fraction of sp³-hybridized carbons (Fsp3) is 0.500. The van der Waals surface area contributed by atoms with E-state index in [-0.39, 0.29) is 0 Å². The Kier molecular flexibility index (Phi) is 4.87. The maximum atomic E-state index is 4.43. The summed E-state index contributed by atoms with van der Waals surface area (Å²) in [4.78, 5) is 0. The Morgan fingerprint density at radius 2 is 1.64 bits per heavy atom. The van der Waals surface area contributed by atoms with Crippen molar-refractivity contribution < 1.29 is 0 Å². The molecular formula is C20H26N2. The van der Waals surface area contributed by atoms with Gasteiger partial charge >= 0.3 is 0 Å². The molecule has 2 aromatic rings. The molecule has 1 aliphatic rings. The highest BCUT2D eigenvalue weighted by molar-refractivity contribution is 5.58. The molecule has 1 heterocycles. The number of aromatic nitrogens is 2. The fourth-order valence-corrected chi connectivity index (χ4v) is 3.34. The summed E-state index contributed by atoms with van der Waals surface area (Å²) in [6.07, 6.45) is 7.95. The summed E-state index contributed by atoms with van der Waals surface area (Å²) in [5.74, 6) is 1.83. The second-order valence-electron chi connectivity index (χ2n) is 6.94. The van der Waals surface area contributed by atoms with Gasteiger partial charge in [-0.1, -0.05) is 62.4 Å². The summed E-state index contributed by atoms with van der Waals surface area (Å²) in [7, 11) is 0. The van der Waals surface area contributed by atoms with Crippen LogP contribution in [0.5, 0.6) is 0 Å². The molecule has 22 heavy (non-hydrogen) atoms. The monoisotopic (exact) mass is 294 g/mol. The van der Waals surface area contributed by atoms with Crippen LogP contribution in [0.4, 0.5) is 0 Å². The molecule has 0 saturated heterocycles. The van der Waals surface area contributed by atoms with Crippen LogP contribution in [0.1, 0.15) is 50.3 Å². The highest BCUT2D eigenvalue weighted by Gasteiger charge is 2.18. The van der Waals surface area contributed by atoms with Crippen molar-refractivity contribution in [2.24, 2.45) is 11.8 Å². The average molecular weight is 294 g/mol. The summed E-state index contributed by atoms with van der Waals surface area (Å²) in [5, 5.41) is 8.83.